The van der Waals surface area contributed by atoms with Crippen molar-refractivity contribution in [2.75, 3.05) is 7.05 Å². The minimum Gasteiger partial charge on any atom is -0.270 e. The predicted molar refractivity (Wildman–Crippen MR) is 41.2 cm³/mol. The normalized spacial score (nSPS) is 35.1. The summed E-state index contributed by atoms with van der Waals surface area (Å²) in [5.74, 6) is 0. The van der Waals surface area contributed by atoms with Gasteiger partial charge in [0.1, 0.15) is 0 Å². The van der Waals surface area contributed by atoms with E-state index < -0.39 is 0 Å². The average Bonchev–Trinajstić information content (AvgIpc) is 2.34. The lowest BCUT2D eigenvalue weighted by Gasteiger charge is -2.11. The van der Waals surface area contributed by atoms with Gasteiger partial charge in [-0.3, -0.25) is 9.89 Å². The van der Waals surface area contributed by atoms with Crippen molar-refractivity contribution >= 4 is 6.34 Å². The number of fused-ring (bicyclic) bond motifs is 1. The van der Waals surface area contributed by atoms with Gasteiger partial charge in [0.15, 0.2) is 12.1 Å². The monoisotopic (exact) mass is 135 g/mol. The first-order chi connectivity index (χ1) is 4.88. The Morgan fingerprint density at radius 2 is 2.10 bits per heavy atom. The fourth-order valence-electron chi connectivity index (χ4n) is 1.43. The molecule has 0 aromatic heterocycles. The maximum absolute atomic E-state index is 3.27. The van der Waals surface area contributed by atoms with E-state index in [1.165, 1.54) is 0 Å². The van der Waals surface area contributed by atoms with Gasteiger partial charge in [0.25, 0.3) is 0 Å². The summed E-state index contributed by atoms with van der Waals surface area (Å²) in [5.41, 5.74) is 0. The number of likely N-dealkylation sites (N-methyl/N-ethyl adjacent to an activating group) is 1. The molecule has 0 saturated carbocycles. The quantitative estimate of drug-likeness (QED) is 0.466. The highest BCUT2D eigenvalue weighted by molar-refractivity contribution is 5.53. The molecule has 10 heavy (non-hydrogen) atoms. The Kier molecular flexibility index (Phi) is 1.13. The van der Waals surface area contributed by atoms with Crippen LogP contribution in [-0.2, 0) is 0 Å². The fraction of sp³-hybridized carbons (Fsp3) is 0.375. The predicted octanol–water partition coefficient (Wildman–Crippen LogP) is 0.123. The van der Waals surface area contributed by atoms with Crippen molar-refractivity contribution in [3.8, 4) is 0 Å². The van der Waals surface area contributed by atoms with Gasteiger partial charge in [0.05, 0.1) is 7.05 Å². The molecule has 0 spiro atoms. The molecular formula is C8H11N2+. The summed E-state index contributed by atoms with van der Waals surface area (Å²) in [6.45, 7) is 0. The highest BCUT2D eigenvalue weighted by atomic mass is 15.2. The van der Waals surface area contributed by atoms with Gasteiger partial charge in [-0.05, 0) is 12.2 Å². The Hall–Kier alpha value is -1.05. The second kappa shape index (κ2) is 1.97. The molecule has 52 valence electrons. The van der Waals surface area contributed by atoms with Crippen molar-refractivity contribution in [1.82, 2.24) is 5.32 Å². The van der Waals surface area contributed by atoms with Gasteiger partial charge in [0, 0.05) is 0 Å². The molecular weight excluding hydrogens is 124 g/mol. The zero-order chi connectivity index (χ0) is 6.97. The smallest absolute Gasteiger partial charge is 0.233 e. The van der Waals surface area contributed by atoms with Gasteiger partial charge in [0.2, 0.25) is 6.34 Å². The molecule has 1 heterocycles. The Morgan fingerprint density at radius 1 is 1.30 bits per heavy atom. The Bertz CT molecular complexity index is 225. The van der Waals surface area contributed by atoms with Crippen LogP contribution in [0.25, 0.3) is 0 Å². The summed E-state index contributed by atoms with van der Waals surface area (Å²) in [6, 6.07) is 1.03. The maximum Gasteiger partial charge on any atom is 0.233 e. The van der Waals surface area contributed by atoms with Crippen LogP contribution in [0.2, 0.25) is 0 Å². The van der Waals surface area contributed by atoms with Crippen LogP contribution < -0.4 is 5.32 Å². The van der Waals surface area contributed by atoms with E-state index in [1.54, 1.807) is 0 Å². The Morgan fingerprint density at radius 3 is 2.90 bits per heavy atom. The Labute approximate surface area is 60.6 Å². The molecule has 2 atom stereocenters. The van der Waals surface area contributed by atoms with E-state index in [1.807, 2.05) is 6.34 Å². The first-order valence-corrected chi connectivity index (χ1v) is 3.54. The van der Waals surface area contributed by atoms with Crippen LogP contribution in [0, 0.1) is 0 Å². The standard InChI is InChI=1S/C8H10N2/c1-10-6-9-7-4-2-3-5-8(7)10/h2-8H,1H3/p+1. The van der Waals surface area contributed by atoms with Crippen LogP contribution >= 0.6 is 0 Å². The van der Waals surface area contributed by atoms with Crippen molar-refractivity contribution in [3.63, 3.8) is 0 Å². The van der Waals surface area contributed by atoms with Crippen LogP contribution in [-0.4, -0.2) is 30.0 Å². The third-order valence-corrected chi connectivity index (χ3v) is 2.05. The SMILES string of the molecule is C[N+]1=CNC2C=CC=CC21. The summed E-state index contributed by atoms with van der Waals surface area (Å²) in [7, 11) is 2.08. The second-order valence-corrected chi connectivity index (χ2v) is 2.75. The van der Waals surface area contributed by atoms with Gasteiger partial charge in [-0.1, -0.05) is 12.2 Å². The minimum absolute atomic E-state index is 0.495. The topological polar surface area (TPSA) is 15.0 Å². The molecule has 1 aliphatic heterocycles. The zero-order valence-electron chi connectivity index (χ0n) is 5.99. The molecule has 0 fully saturated rings. The lowest BCUT2D eigenvalue weighted by atomic mass is 10.0. The summed E-state index contributed by atoms with van der Waals surface area (Å²) in [6.07, 6.45) is 10.6. The molecule has 2 rings (SSSR count). The van der Waals surface area contributed by atoms with Crippen molar-refractivity contribution < 1.29 is 4.58 Å². The van der Waals surface area contributed by atoms with Crippen LogP contribution in [0.3, 0.4) is 0 Å². The zero-order valence-corrected chi connectivity index (χ0v) is 5.99. The molecule has 0 radical (unpaired) electrons. The molecule has 0 aromatic rings. The van der Waals surface area contributed by atoms with Crippen molar-refractivity contribution in [1.29, 1.82) is 0 Å². The van der Waals surface area contributed by atoms with Crippen LogP contribution in [0.15, 0.2) is 24.3 Å². The molecule has 0 saturated heterocycles. The number of hydrogen-bond acceptors (Lipinski definition) is 1. The molecule has 0 aromatic carbocycles. The summed E-state index contributed by atoms with van der Waals surface area (Å²) >= 11 is 0. The molecule has 2 unspecified atom stereocenters. The van der Waals surface area contributed by atoms with Gasteiger partial charge in [-0.2, -0.15) is 0 Å². The van der Waals surface area contributed by atoms with Gasteiger partial charge in [-0.25, -0.2) is 0 Å². The highest BCUT2D eigenvalue weighted by Gasteiger charge is 2.29. The molecule has 1 aliphatic carbocycles. The van der Waals surface area contributed by atoms with E-state index in [9.17, 15) is 0 Å². The van der Waals surface area contributed by atoms with Gasteiger partial charge >= 0.3 is 0 Å². The first-order valence-electron chi connectivity index (χ1n) is 3.54. The molecule has 2 aliphatic rings. The van der Waals surface area contributed by atoms with Crippen molar-refractivity contribution in [3.05, 3.63) is 24.3 Å². The van der Waals surface area contributed by atoms with E-state index >= 15 is 0 Å². The van der Waals surface area contributed by atoms with Gasteiger partial charge < -0.3 is 0 Å². The third-order valence-electron chi connectivity index (χ3n) is 2.05. The summed E-state index contributed by atoms with van der Waals surface area (Å²) < 4.78 is 2.19. The van der Waals surface area contributed by atoms with Gasteiger partial charge in [-0.15, -0.1) is 0 Å². The van der Waals surface area contributed by atoms with Crippen LogP contribution in [0.1, 0.15) is 0 Å². The largest absolute Gasteiger partial charge is 0.270 e. The molecule has 0 bridgehead atoms. The maximum atomic E-state index is 3.27. The highest BCUT2D eigenvalue weighted by Crippen LogP contribution is 2.09. The van der Waals surface area contributed by atoms with E-state index in [-0.39, 0.29) is 0 Å². The number of nitrogens with one attached hydrogen (secondary N) is 1. The number of nitrogens with zero attached hydrogens (tertiary/aromatic N) is 1. The second-order valence-electron chi connectivity index (χ2n) is 2.75. The summed E-state index contributed by atoms with van der Waals surface area (Å²) in [4.78, 5) is 0. The fourth-order valence-corrected chi connectivity index (χ4v) is 1.43. The average molecular weight is 135 g/mol. The van der Waals surface area contributed by atoms with Crippen molar-refractivity contribution in [2.45, 2.75) is 12.1 Å². The van der Waals surface area contributed by atoms with Crippen LogP contribution in [0.4, 0.5) is 0 Å². The minimum atomic E-state index is 0.495. The first kappa shape index (κ1) is 5.71. The molecule has 2 nitrogen and oxygen atoms in total. The molecule has 1 N–H and O–H groups in total. The molecule has 2 heteroatoms. The van der Waals surface area contributed by atoms with E-state index in [0.29, 0.717) is 12.1 Å². The summed E-state index contributed by atoms with van der Waals surface area (Å²) in [5, 5.41) is 3.27. The lowest BCUT2D eigenvalue weighted by Crippen LogP contribution is -2.32. The lowest BCUT2D eigenvalue weighted by molar-refractivity contribution is -0.513. The number of allylic oxidation sites excluding steroid dienone is 2. The number of rotatable bonds is 0. The van der Waals surface area contributed by atoms with Crippen molar-refractivity contribution in [2.24, 2.45) is 0 Å². The molecule has 0 amide bonds. The van der Waals surface area contributed by atoms with E-state index in [4.69, 9.17) is 0 Å². The number of hydrogen-bond donors (Lipinski definition) is 1. The van der Waals surface area contributed by atoms with E-state index in [0.717, 1.165) is 0 Å². The van der Waals surface area contributed by atoms with E-state index in [2.05, 4.69) is 41.2 Å². The van der Waals surface area contributed by atoms with Crippen LogP contribution in [0.5, 0.6) is 0 Å². The third kappa shape index (κ3) is 0.685. The Balaban J connectivity index is 2.27.